The smallest absolute Gasteiger partial charge is 0.235 e. The van der Waals surface area contributed by atoms with Gasteiger partial charge in [-0.05, 0) is 40.7 Å². The van der Waals surface area contributed by atoms with Crippen molar-refractivity contribution in [1.82, 2.24) is 25.1 Å². The maximum absolute atomic E-state index is 12.6. The predicted molar refractivity (Wildman–Crippen MR) is 91.4 cm³/mol. The van der Waals surface area contributed by atoms with E-state index >= 15 is 0 Å². The molecule has 0 saturated heterocycles. The first-order valence-corrected chi connectivity index (χ1v) is 8.40. The average molecular weight is 333 g/mol. The maximum atomic E-state index is 12.6. The van der Waals surface area contributed by atoms with Crippen LogP contribution in [0.15, 0.2) is 11.2 Å². The van der Waals surface area contributed by atoms with Crippen molar-refractivity contribution >= 4 is 17.7 Å². The van der Waals surface area contributed by atoms with Gasteiger partial charge in [-0.2, -0.15) is 5.10 Å². The first-order valence-electron chi connectivity index (χ1n) is 7.52. The minimum atomic E-state index is -0.242. The summed E-state index contributed by atoms with van der Waals surface area (Å²) in [6.45, 7) is 10.2. The van der Waals surface area contributed by atoms with Crippen molar-refractivity contribution < 1.29 is 4.79 Å². The third-order valence-electron chi connectivity index (χ3n) is 3.64. The van der Waals surface area contributed by atoms with Gasteiger partial charge >= 0.3 is 0 Å². The Kier molecular flexibility index (Phi) is 5.41. The number of hydrogen-bond donors (Lipinski definition) is 1. The van der Waals surface area contributed by atoms with Crippen molar-refractivity contribution in [2.45, 2.75) is 51.6 Å². The number of amides is 1. The second-order valence-electron chi connectivity index (χ2n) is 5.80. The molecule has 0 radical (unpaired) electrons. The highest BCUT2D eigenvalue weighted by atomic mass is 32.2. The second kappa shape index (κ2) is 7.12. The van der Waals surface area contributed by atoms with E-state index in [0.29, 0.717) is 11.7 Å². The third-order valence-corrected chi connectivity index (χ3v) is 4.59. The predicted octanol–water partition coefficient (Wildman–Crippen LogP) is 2.57. The Labute approximate surface area is 141 Å². The molecule has 7 heteroatoms. The summed E-state index contributed by atoms with van der Waals surface area (Å²) in [5.74, 6) is 0.0535. The number of aromatic amines is 1. The zero-order valence-corrected chi connectivity index (χ0v) is 15.3. The zero-order valence-electron chi connectivity index (χ0n) is 14.5. The van der Waals surface area contributed by atoms with Gasteiger partial charge in [0.1, 0.15) is 0 Å². The average Bonchev–Trinajstić information content (AvgIpc) is 2.77. The Bertz CT molecular complexity index is 673. The largest absolute Gasteiger partial charge is 0.340 e. The highest BCUT2D eigenvalue weighted by Gasteiger charge is 2.21. The van der Waals surface area contributed by atoms with Gasteiger partial charge in [-0.15, -0.1) is 0 Å². The number of H-pyrrole nitrogens is 1. The van der Waals surface area contributed by atoms with Crippen LogP contribution in [0.4, 0.5) is 0 Å². The number of carbonyl (C=O) groups is 1. The van der Waals surface area contributed by atoms with Gasteiger partial charge in [0.05, 0.1) is 10.9 Å². The number of nitrogens with zero attached hydrogens (tertiary/aromatic N) is 4. The molecule has 1 N–H and O–H groups in total. The normalized spacial score (nSPS) is 12.3. The van der Waals surface area contributed by atoms with Crippen LogP contribution in [0, 0.1) is 27.7 Å². The zero-order chi connectivity index (χ0) is 17.1. The van der Waals surface area contributed by atoms with Gasteiger partial charge in [0.2, 0.25) is 5.91 Å². The minimum absolute atomic E-state index is 0.0535. The van der Waals surface area contributed by atoms with E-state index in [9.17, 15) is 4.79 Å². The first-order chi connectivity index (χ1) is 10.8. The van der Waals surface area contributed by atoms with Crippen LogP contribution in [0.25, 0.3) is 0 Å². The fourth-order valence-electron chi connectivity index (χ4n) is 2.39. The fraction of sp³-hybridized carbons (Fsp3) is 0.500. The Balaban J connectivity index is 2.04. The first kappa shape index (κ1) is 17.5. The molecule has 2 heterocycles. The topological polar surface area (TPSA) is 74.8 Å². The van der Waals surface area contributed by atoms with E-state index in [1.54, 1.807) is 4.90 Å². The van der Waals surface area contributed by atoms with Gasteiger partial charge in [-0.3, -0.25) is 9.89 Å². The lowest BCUT2D eigenvalue weighted by molar-refractivity contribution is -0.129. The van der Waals surface area contributed by atoms with Crippen LogP contribution in [0.5, 0.6) is 0 Å². The van der Waals surface area contributed by atoms with Crippen molar-refractivity contribution in [2.24, 2.45) is 0 Å². The van der Waals surface area contributed by atoms with E-state index in [1.165, 1.54) is 11.8 Å². The summed E-state index contributed by atoms with van der Waals surface area (Å²) in [6, 6.07) is 1.92. The van der Waals surface area contributed by atoms with Crippen LogP contribution < -0.4 is 0 Å². The lowest BCUT2D eigenvalue weighted by Gasteiger charge is -2.21. The van der Waals surface area contributed by atoms with E-state index in [4.69, 9.17) is 0 Å². The van der Waals surface area contributed by atoms with Crippen molar-refractivity contribution in [3.63, 3.8) is 0 Å². The van der Waals surface area contributed by atoms with Gasteiger partial charge in [0, 0.05) is 36.2 Å². The minimum Gasteiger partial charge on any atom is -0.340 e. The molecule has 124 valence electrons. The summed E-state index contributed by atoms with van der Waals surface area (Å²) >= 11 is 1.39. The van der Waals surface area contributed by atoms with E-state index < -0.39 is 0 Å². The number of rotatable bonds is 5. The molecule has 1 unspecified atom stereocenters. The van der Waals surface area contributed by atoms with Gasteiger partial charge < -0.3 is 4.90 Å². The summed E-state index contributed by atoms with van der Waals surface area (Å²) in [5.41, 5.74) is 4.83. The lowest BCUT2D eigenvalue weighted by atomic mass is 10.2. The number of hydrogen-bond acceptors (Lipinski definition) is 5. The molecule has 2 aromatic rings. The number of aromatic nitrogens is 4. The summed E-state index contributed by atoms with van der Waals surface area (Å²) in [4.78, 5) is 23.1. The van der Waals surface area contributed by atoms with Crippen LogP contribution in [-0.4, -0.2) is 43.3 Å². The SMILES string of the molecule is Cc1cc(C)nc(SC(C)C(=O)N(C)Cc2c(C)n[nH]c2C)n1. The van der Waals surface area contributed by atoms with Gasteiger partial charge in [0.25, 0.3) is 0 Å². The molecule has 23 heavy (non-hydrogen) atoms. The maximum Gasteiger partial charge on any atom is 0.235 e. The van der Waals surface area contributed by atoms with E-state index in [-0.39, 0.29) is 11.2 Å². The highest BCUT2D eigenvalue weighted by molar-refractivity contribution is 8.00. The molecule has 2 rings (SSSR count). The van der Waals surface area contributed by atoms with Crippen LogP contribution in [-0.2, 0) is 11.3 Å². The van der Waals surface area contributed by atoms with E-state index in [0.717, 1.165) is 28.3 Å². The quantitative estimate of drug-likeness (QED) is 0.672. The van der Waals surface area contributed by atoms with Gasteiger partial charge in [-0.25, -0.2) is 9.97 Å². The molecule has 0 aliphatic rings. The Morgan fingerprint density at radius 1 is 1.26 bits per heavy atom. The fourth-order valence-corrected chi connectivity index (χ4v) is 3.38. The van der Waals surface area contributed by atoms with Crippen LogP contribution in [0.3, 0.4) is 0 Å². The number of aryl methyl sites for hydroxylation is 4. The third kappa shape index (κ3) is 4.31. The Morgan fingerprint density at radius 2 is 1.87 bits per heavy atom. The van der Waals surface area contributed by atoms with Crippen molar-refractivity contribution in [2.75, 3.05) is 7.05 Å². The van der Waals surface area contributed by atoms with Gasteiger partial charge in [-0.1, -0.05) is 11.8 Å². The number of carbonyl (C=O) groups excluding carboxylic acids is 1. The molecular formula is C16H23N5OS. The standard InChI is InChI=1S/C16H23N5OS/c1-9-7-10(2)18-16(17-9)23-13(5)15(22)21(6)8-14-11(3)19-20-12(14)4/h7,13H,8H2,1-6H3,(H,19,20). The summed E-state index contributed by atoms with van der Waals surface area (Å²) < 4.78 is 0. The molecule has 1 atom stereocenters. The molecule has 0 saturated carbocycles. The van der Waals surface area contributed by atoms with E-state index in [1.807, 2.05) is 47.7 Å². The molecule has 0 fully saturated rings. The van der Waals surface area contributed by atoms with Crippen LogP contribution in [0.1, 0.15) is 35.3 Å². The van der Waals surface area contributed by atoms with Gasteiger partial charge in [0.15, 0.2) is 5.16 Å². The Hall–Kier alpha value is -1.89. The molecule has 0 aromatic carbocycles. The molecule has 6 nitrogen and oxygen atoms in total. The van der Waals surface area contributed by atoms with Crippen molar-refractivity contribution in [3.05, 3.63) is 34.4 Å². The molecule has 2 aromatic heterocycles. The summed E-state index contributed by atoms with van der Waals surface area (Å²) in [5, 5.41) is 7.53. The van der Waals surface area contributed by atoms with Crippen molar-refractivity contribution in [3.8, 4) is 0 Å². The summed E-state index contributed by atoms with van der Waals surface area (Å²) in [7, 11) is 1.81. The number of thioether (sulfide) groups is 1. The molecule has 0 aliphatic carbocycles. The monoisotopic (exact) mass is 333 g/mol. The van der Waals surface area contributed by atoms with Crippen LogP contribution in [0.2, 0.25) is 0 Å². The van der Waals surface area contributed by atoms with Crippen LogP contribution >= 0.6 is 11.8 Å². The second-order valence-corrected chi connectivity index (χ2v) is 7.11. The highest BCUT2D eigenvalue weighted by Crippen LogP contribution is 2.22. The Morgan fingerprint density at radius 3 is 2.39 bits per heavy atom. The number of nitrogens with one attached hydrogen (secondary N) is 1. The molecule has 0 aliphatic heterocycles. The molecule has 1 amide bonds. The van der Waals surface area contributed by atoms with Crippen molar-refractivity contribution in [1.29, 1.82) is 0 Å². The lowest BCUT2D eigenvalue weighted by Crippen LogP contribution is -2.33. The van der Waals surface area contributed by atoms with E-state index in [2.05, 4.69) is 20.2 Å². The molecule has 0 spiro atoms. The molecule has 0 bridgehead atoms. The summed E-state index contributed by atoms with van der Waals surface area (Å²) in [6.07, 6.45) is 0. The molecular weight excluding hydrogens is 310 g/mol.